The van der Waals surface area contributed by atoms with E-state index in [1.54, 1.807) is 13.0 Å². The molecule has 1 heterocycles. The van der Waals surface area contributed by atoms with E-state index in [0.717, 1.165) is 4.70 Å². The second-order valence-corrected chi connectivity index (χ2v) is 3.63. The average Bonchev–Trinajstić information content (AvgIpc) is 2.57. The fraction of sp³-hybridized carbons (Fsp3) is 0.300. The molecule has 2 N–H and O–H groups in total. The third-order valence-electron chi connectivity index (χ3n) is 1.76. The molecule has 2 nitrogen and oxygen atoms in total. The van der Waals surface area contributed by atoms with Crippen molar-refractivity contribution in [2.75, 3.05) is 5.73 Å². The highest BCUT2D eigenvalue weighted by molar-refractivity contribution is 7.22. The van der Waals surface area contributed by atoms with E-state index in [4.69, 9.17) is 5.73 Å². The Morgan fingerprint density at radius 3 is 2.64 bits per heavy atom. The predicted molar refractivity (Wildman–Crippen MR) is 60.1 cm³/mol. The van der Waals surface area contributed by atoms with Gasteiger partial charge in [-0.05, 0) is 19.1 Å². The largest absolute Gasteiger partial charge is 0.375 e. The van der Waals surface area contributed by atoms with Gasteiger partial charge in [-0.3, -0.25) is 0 Å². The standard InChI is InChI=1S/C8H7FN2S.C2H6/c1-4-5(9)2-3-6-7(4)11-8(10)12-6;1-2/h2-3H,1H3,(H2,10,11);1-2H3. The fourth-order valence-electron chi connectivity index (χ4n) is 1.12. The third kappa shape index (κ3) is 1.85. The number of aromatic nitrogens is 1. The van der Waals surface area contributed by atoms with Crippen molar-refractivity contribution in [1.29, 1.82) is 0 Å². The molecular formula is C10H13FN2S. The Kier molecular flexibility index (Phi) is 3.41. The maximum absolute atomic E-state index is 13.0. The van der Waals surface area contributed by atoms with Crippen LogP contribution < -0.4 is 5.73 Å². The maximum atomic E-state index is 13.0. The van der Waals surface area contributed by atoms with E-state index in [2.05, 4.69) is 4.98 Å². The van der Waals surface area contributed by atoms with Crippen LogP contribution in [-0.4, -0.2) is 4.98 Å². The number of nitrogens with two attached hydrogens (primary N) is 1. The van der Waals surface area contributed by atoms with Gasteiger partial charge in [0.2, 0.25) is 0 Å². The minimum absolute atomic E-state index is 0.229. The fourth-order valence-corrected chi connectivity index (χ4v) is 1.91. The maximum Gasteiger partial charge on any atom is 0.181 e. The van der Waals surface area contributed by atoms with Gasteiger partial charge in [0, 0.05) is 5.56 Å². The first kappa shape index (κ1) is 10.9. The Bertz CT molecular complexity index is 437. The van der Waals surface area contributed by atoms with E-state index in [1.807, 2.05) is 13.8 Å². The number of aryl methyl sites for hydroxylation is 1. The van der Waals surface area contributed by atoms with Crippen LogP contribution in [0.5, 0.6) is 0 Å². The number of fused-ring (bicyclic) bond motifs is 1. The van der Waals surface area contributed by atoms with E-state index < -0.39 is 0 Å². The topological polar surface area (TPSA) is 38.9 Å². The van der Waals surface area contributed by atoms with Crippen LogP contribution in [0, 0.1) is 12.7 Å². The smallest absolute Gasteiger partial charge is 0.181 e. The molecule has 0 bridgehead atoms. The number of halogens is 1. The van der Waals surface area contributed by atoms with E-state index in [1.165, 1.54) is 17.4 Å². The van der Waals surface area contributed by atoms with Gasteiger partial charge in [-0.25, -0.2) is 9.37 Å². The number of hydrogen-bond acceptors (Lipinski definition) is 3. The lowest BCUT2D eigenvalue weighted by Crippen LogP contribution is -1.84. The van der Waals surface area contributed by atoms with Gasteiger partial charge in [-0.2, -0.15) is 0 Å². The molecule has 0 saturated heterocycles. The highest BCUT2D eigenvalue weighted by atomic mass is 32.1. The third-order valence-corrected chi connectivity index (χ3v) is 2.61. The second kappa shape index (κ2) is 4.37. The summed E-state index contributed by atoms with van der Waals surface area (Å²) in [5.74, 6) is -0.229. The van der Waals surface area contributed by atoms with Gasteiger partial charge in [-0.15, -0.1) is 0 Å². The summed E-state index contributed by atoms with van der Waals surface area (Å²) < 4.78 is 13.9. The van der Waals surface area contributed by atoms with Gasteiger partial charge in [-0.1, -0.05) is 25.2 Å². The number of nitrogen functional groups attached to an aromatic ring is 1. The highest BCUT2D eigenvalue weighted by Gasteiger charge is 2.06. The Morgan fingerprint density at radius 1 is 1.36 bits per heavy atom. The zero-order valence-electron chi connectivity index (χ0n) is 8.47. The molecule has 76 valence electrons. The zero-order chi connectivity index (χ0) is 10.7. The molecule has 0 aliphatic heterocycles. The van der Waals surface area contributed by atoms with Gasteiger partial charge >= 0.3 is 0 Å². The summed E-state index contributed by atoms with van der Waals surface area (Å²) in [6.07, 6.45) is 0. The van der Waals surface area contributed by atoms with Gasteiger partial charge in [0.15, 0.2) is 5.13 Å². The van der Waals surface area contributed by atoms with E-state index in [0.29, 0.717) is 16.2 Å². The molecule has 0 aliphatic carbocycles. The molecule has 0 saturated carbocycles. The Labute approximate surface area is 86.6 Å². The number of thiazole rings is 1. The normalized spacial score (nSPS) is 9.71. The van der Waals surface area contributed by atoms with E-state index in [-0.39, 0.29) is 5.82 Å². The Balaban J connectivity index is 0.000000461. The monoisotopic (exact) mass is 212 g/mol. The number of rotatable bonds is 0. The highest BCUT2D eigenvalue weighted by Crippen LogP contribution is 2.27. The Hall–Kier alpha value is -1.16. The molecule has 0 fully saturated rings. The number of hydrogen-bond donors (Lipinski definition) is 1. The van der Waals surface area contributed by atoms with Crippen LogP contribution in [0.2, 0.25) is 0 Å². The van der Waals surface area contributed by atoms with Crippen molar-refractivity contribution in [2.45, 2.75) is 20.8 Å². The summed E-state index contributed by atoms with van der Waals surface area (Å²) in [6.45, 7) is 5.71. The van der Waals surface area contributed by atoms with Crippen LogP contribution in [0.25, 0.3) is 10.2 Å². The minimum Gasteiger partial charge on any atom is -0.375 e. The van der Waals surface area contributed by atoms with Crippen molar-refractivity contribution in [3.8, 4) is 0 Å². The first-order valence-electron chi connectivity index (χ1n) is 4.49. The molecule has 0 aliphatic rings. The lowest BCUT2D eigenvalue weighted by molar-refractivity contribution is 0.620. The average molecular weight is 212 g/mol. The summed E-state index contributed by atoms with van der Waals surface area (Å²) >= 11 is 1.37. The predicted octanol–water partition coefficient (Wildman–Crippen LogP) is 3.35. The molecule has 0 unspecified atom stereocenters. The lowest BCUT2D eigenvalue weighted by atomic mass is 10.2. The number of anilines is 1. The first-order chi connectivity index (χ1) is 6.68. The zero-order valence-corrected chi connectivity index (χ0v) is 9.28. The Morgan fingerprint density at radius 2 is 2.00 bits per heavy atom. The molecule has 1 aromatic heterocycles. The van der Waals surface area contributed by atoms with Crippen molar-refractivity contribution in [2.24, 2.45) is 0 Å². The van der Waals surface area contributed by atoms with Crippen LogP contribution in [0.4, 0.5) is 9.52 Å². The van der Waals surface area contributed by atoms with Crippen molar-refractivity contribution in [1.82, 2.24) is 4.98 Å². The van der Waals surface area contributed by atoms with E-state index >= 15 is 0 Å². The summed E-state index contributed by atoms with van der Waals surface area (Å²) in [5, 5.41) is 0.485. The molecule has 0 spiro atoms. The molecule has 0 radical (unpaired) electrons. The molecule has 0 amide bonds. The summed E-state index contributed by atoms with van der Waals surface area (Å²) in [5.41, 5.74) is 6.74. The minimum atomic E-state index is -0.229. The molecular weight excluding hydrogens is 199 g/mol. The van der Waals surface area contributed by atoms with Crippen molar-refractivity contribution in [3.05, 3.63) is 23.5 Å². The van der Waals surface area contributed by atoms with Crippen LogP contribution in [0.3, 0.4) is 0 Å². The van der Waals surface area contributed by atoms with Crippen molar-refractivity contribution >= 4 is 26.7 Å². The van der Waals surface area contributed by atoms with Crippen molar-refractivity contribution < 1.29 is 4.39 Å². The van der Waals surface area contributed by atoms with Crippen molar-refractivity contribution in [3.63, 3.8) is 0 Å². The lowest BCUT2D eigenvalue weighted by Gasteiger charge is -1.94. The molecule has 2 aromatic rings. The summed E-state index contributed by atoms with van der Waals surface area (Å²) in [4.78, 5) is 4.03. The van der Waals surface area contributed by atoms with Gasteiger partial charge < -0.3 is 5.73 Å². The molecule has 14 heavy (non-hydrogen) atoms. The molecule has 2 rings (SSSR count). The molecule has 4 heteroatoms. The van der Waals surface area contributed by atoms with E-state index in [9.17, 15) is 4.39 Å². The quantitative estimate of drug-likeness (QED) is 0.727. The first-order valence-corrected chi connectivity index (χ1v) is 5.31. The number of nitrogens with zero attached hydrogens (tertiary/aromatic N) is 1. The van der Waals surface area contributed by atoms with Gasteiger partial charge in [0.1, 0.15) is 5.82 Å². The van der Waals surface area contributed by atoms with Crippen LogP contribution in [-0.2, 0) is 0 Å². The molecule has 1 aromatic carbocycles. The van der Waals surface area contributed by atoms with Gasteiger partial charge in [0.05, 0.1) is 10.2 Å². The molecule has 0 atom stereocenters. The van der Waals surface area contributed by atoms with Crippen LogP contribution in [0.1, 0.15) is 19.4 Å². The number of benzene rings is 1. The SMILES string of the molecule is CC.Cc1c(F)ccc2sc(N)nc12. The van der Waals surface area contributed by atoms with Gasteiger partial charge in [0.25, 0.3) is 0 Å². The summed E-state index contributed by atoms with van der Waals surface area (Å²) in [7, 11) is 0. The second-order valence-electron chi connectivity index (χ2n) is 2.57. The van der Waals surface area contributed by atoms with Crippen LogP contribution >= 0.6 is 11.3 Å². The van der Waals surface area contributed by atoms with Crippen LogP contribution in [0.15, 0.2) is 12.1 Å². The summed E-state index contributed by atoms with van der Waals surface area (Å²) in [6, 6.07) is 3.14.